The average Bonchev–Trinajstić information content (AvgIpc) is 2.55. The van der Waals surface area contributed by atoms with Crippen LogP contribution < -0.4 is 0 Å². The highest BCUT2D eigenvalue weighted by Crippen LogP contribution is 2.30. The third-order valence-corrected chi connectivity index (χ3v) is 4.15. The van der Waals surface area contributed by atoms with Gasteiger partial charge in [0.1, 0.15) is 12.2 Å². The highest BCUT2D eigenvalue weighted by molar-refractivity contribution is 5.80. The molecule has 144 valence electrons. The van der Waals surface area contributed by atoms with Crippen LogP contribution >= 0.6 is 0 Å². The maximum atomic E-state index is 12.7. The van der Waals surface area contributed by atoms with Gasteiger partial charge in [0.05, 0.1) is 12.3 Å². The number of ether oxygens (including phenoxy) is 2. The standard InChI is InChI=1S/C22H32O4/c1-7-11-18(16(2)3)19(21(24)26-22(4,5)6)14-20(23)25-15-17-12-9-8-10-13-17/h7-10,12-13,16,18-19H,1,11,14-15H2,2-6H3/t18?,19-/m0/s1. The number of carbonyl (C=O) groups is 2. The van der Waals surface area contributed by atoms with Gasteiger partial charge in [0.25, 0.3) is 0 Å². The van der Waals surface area contributed by atoms with Crippen molar-refractivity contribution in [3.05, 3.63) is 48.6 Å². The summed E-state index contributed by atoms with van der Waals surface area (Å²) >= 11 is 0. The lowest BCUT2D eigenvalue weighted by Gasteiger charge is -2.30. The number of benzene rings is 1. The Labute approximate surface area is 157 Å². The van der Waals surface area contributed by atoms with Gasteiger partial charge in [-0.15, -0.1) is 6.58 Å². The largest absolute Gasteiger partial charge is 0.461 e. The first-order valence-electron chi connectivity index (χ1n) is 9.17. The van der Waals surface area contributed by atoms with Crippen molar-refractivity contribution in [3.63, 3.8) is 0 Å². The van der Waals surface area contributed by atoms with E-state index in [-0.39, 0.29) is 36.8 Å². The summed E-state index contributed by atoms with van der Waals surface area (Å²) in [4.78, 5) is 25.1. The Morgan fingerprint density at radius 1 is 1.15 bits per heavy atom. The third-order valence-electron chi connectivity index (χ3n) is 4.15. The van der Waals surface area contributed by atoms with Crippen LogP contribution in [0.5, 0.6) is 0 Å². The molecule has 1 aromatic rings. The van der Waals surface area contributed by atoms with E-state index in [4.69, 9.17) is 9.47 Å². The summed E-state index contributed by atoms with van der Waals surface area (Å²) in [6.07, 6.45) is 2.45. The molecule has 0 heterocycles. The monoisotopic (exact) mass is 360 g/mol. The third kappa shape index (κ3) is 7.85. The summed E-state index contributed by atoms with van der Waals surface area (Å²) in [5.74, 6) is -1.09. The molecule has 1 unspecified atom stereocenters. The van der Waals surface area contributed by atoms with Crippen molar-refractivity contribution in [2.45, 2.75) is 59.7 Å². The van der Waals surface area contributed by atoms with Crippen molar-refractivity contribution in [3.8, 4) is 0 Å². The first kappa shape index (κ1) is 21.9. The molecule has 4 nitrogen and oxygen atoms in total. The topological polar surface area (TPSA) is 52.6 Å². The zero-order chi connectivity index (χ0) is 19.7. The van der Waals surface area contributed by atoms with Gasteiger partial charge in [-0.1, -0.05) is 50.3 Å². The van der Waals surface area contributed by atoms with Gasteiger partial charge in [-0.05, 0) is 44.6 Å². The molecule has 2 atom stereocenters. The van der Waals surface area contributed by atoms with Crippen molar-refractivity contribution < 1.29 is 19.1 Å². The maximum absolute atomic E-state index is 12.7. The summed E-state index contributed by atoms with van der Waals surface area (Å²) in [6, 6.07) is 9.49. The molecular weight excluding hydrogens is 328 g/mol. The van der Waals surface area contributed by atoms with Crippen molar-refractivity contribution >= 4 is 11.9 Å². The fourth-order valence-corrected chi connectivity index (χ4v) is 2.86. The molecule has 1 rings (SSSR count). The lowest BCUT2D eigenvalue weighted by Crippen LogP contribution is -2.35. The second kappa shape index (κ2) is 10.1. The van der Waals surface area contributed by atoms with E-state index < -0.39 is 11.5 Å². The number of allylic oxidation sites excluding steroid dienone is 1. The molecule has 0 fully saturated rings. The van der Waals surface area contributed by atoms with Crippen LogP contribution in [-0.4, -0.2) is 17.5 Å². The SMILES string of the molecule is C=CCC(C(C)C)[C@H](CC(=O)OCc1ccccc1)C(=O)OC(C)(C)C. The van der Waals surface area contributed by atoms with Crippen LogP contribution in [0.15, 0.2) is 43.0 Å². The molecule has 0 N–H and O–H groups in total. The van der Waals surface area contributed by atoms with E-state index in [0.717, 1.165) is 5.56 Å². The van der Waals surface area contributed by atoms with Crippen LogP contribution in [0, 0.1) is 17.8 Å². The molecule has 0 aliphatic heterocycles. The quantitative estimate of drug-likeness (QED) is 0.463. The van der Waals surface area contributed by atoms with Crippen LogP contribution in [-0.2, 0) is 25.7 Å². The van der Waals surface area contributed by atoms with E-state index in [0.29, 0.717) is 6.42 Å². The first-order chi connectivity index (χ1) is 12.1. The summed E-state index contributed by atoms with van der Waals surface area (Å²) < 4.78 is 10.9. The molecule has 0 spiro atoms. The summed E-state index contributed by atoms with van der Waals surface area (Å²) in [5, 5.41) is 0. The Morgan fingerprint density at radius 2 is 1.77 bits per heavy atom. The van der Waals surface area contributed by atoms with E-state index in [2.05, 4.69) is 6.58 Å². The highest BCUT2D eigenvalue weighted by atomic mass is 16.6. The number of carbonyl (C=O) groups excluding carboxylic acids is 2. The Balaban J connectivity index is 2.84. The first-order valence-corrected chi connectivity index (χ1v) is 9.17. The molecule has 26 heavy (non-hydrogen) atoms. The lowest BCUT2D eigenvalue weighted by atomic mass is 9.79. The van der Waals surface area contributed by atoms with Gasteiger partial charge in [0, 0.05) is 0 Å². The van der Waals surface area contributed by atoms with Gasteiger partial charge in [0.2, 0.25) is 0 Å². The highest BCUT2D eigenvalue weighted by Gasteiger charge is 2.35. The van der Waals surface area contributed by atoms with Crippen LogP contribution in [0.4, 0.5) is 0 Å². The van der Waals surface area contributed by atoms with E-state index in [9.17, 15) is 9.59 Å². The maximum Gasteiger partial charge on any atom is 0.310 e. The van der Waals surface area contributed by atoms with E-state index >= 15 is 0 Å². The van der Waals surface area contributed by atoms with Crippen LogP contribution in [0.2, 0.25) is 0 Å². The molecule has 0 aliphatic carbocycles. The molecule has 0 radical (unpaired) electrons. The van der Waals surface area contributed by atoms with Crippen molar-refractivity contribution in [1.82, 2.24) is 0 Å². The number of rotatable bonds is 9. The van der Waals surface area contributed by atoms with E-state index in [1.165, 1.54) is 0 Å². The zero-order valence-corrected chi connectivity index (χ0v) is 16.7. The summed E-state index contributed by atoms with van der Waals surface area (Å²) in [7, 11) is 0. The van der Waals surface area contributed by atoms with Crippen LogP contribution in [0.1, 0.15) is 53.0 Å². The van der Waals surface area contributed by atoms with Crippen molar-refractivity contribution in [2.75, 3.05) is 0 Å². The van der Waals surface area contributed by atoms with Crippen molar-refractivity contribution in [2.24, 2.45) is 17.8 Å². The predicted molar refractivity (Wildman–Crippen MR) is 103 cm³/mol. The number of hydrogen-bond donors (Lipinski definition) is 0. The zero-order valence-electron chi connectivity index (χ0n) is 16.7. The van der Waals surface area contributed by atoms with Gasteiger partial charge in [0.15, 0.2) is 0 Å². The summed E-state index contributed by atoms with van der Waals surface area (Å²) in [6.45, 7) is 13.6. The van der Waals surface area contributed by atoms with Crippen LogP contribution in [0.25, 0.3) is 0 Å². The number of esters is 2. The fraction of sp³-hybridized carbons (Fsp3) is 0.545. The minimum absolute atomic E-state index is 0.0123. The lowest BCUT2D eigenvalue weighted by molar-refractivity contribution is -0.167. The molecule has 0 amide bonds. The molecule has 0 saturated carbocycles. The summed E-state index contributed by atoms with van der Waals surface area (Å²) in [5.41, 5.74) is 0.320. The van der Waals surface area contributed by atoms with Gasteiger partial charge in [-0.2, -0.15) is 0 Å². The molecule has 4 heteroatoms. The Hall–Kier alpha value is -2.10. The number of hydrogen-bond acceptors (Lipinski definition) is 4. The van der Waals surface area contributed by atoms with Crippen LogP contribution in [0.3, 0.4) is 0 Å². The van der Waals surface area contributed by atoms with Gasteiger partial charge < -0.3 is 9.47 Å². The Morgan fingerprint density at radius 3 is 2.27 bits per heavy atom. The minimum atomic E-state index is -0.598. The molecule has 1 aromatic carbocycles. The van der Waals surface area contributed by atoms with Crippen molar-refractivity contribution in [1.29, 1.82) is 0 Å². The molecule has 0 bridgehead atoms. The molecule has 0 aliphatic rings. The smallest absolute Gasteiger partial charge is 0.310 e. The van der Waals surface area contributed by atoms with E-state index in [1.54, 1.807) is 6.08 Å². The average molecular weight is 360 g/mol. The molecular formula is C22H32O4. The van der Waals surface area contributed by atoms with Gasteiger partial charge in [-0.25, -0.2) is 0 Å². The molecule has 0 saturated heterocycles. The van der Waals surface area contributed by atoms with E-state index in [1.807, 2.05) is 65.0 Å². The molecule has 0 aromatic heterocycles. The van der Waals surface area contributed by atoms with Gasteiger partial charge >= 0.3 is 11.9 Å². The fourth-order valence-electron chi connectivity index (χ4n) is 2.86. The minimum Gasteiger partial charge on any atom is -0.461 e. The second-order valence-electron chi connectivity index (χ2n) is 7.92. The normalized spacial score (nSPS) is 13.8. The van der Waals surface area contributed by atoms with Gasteiger partial charge in [-0.3, -0.25) is 9.59 Å². The second-order valence-corrected chi connectivity index (χ2v) is 7.92. The predicted octanol–water partition coefficient (Wildman–Crippen LogP) is 4.93. The Bertz CT molecular complexity index is 584. The Kier molecular flexibility index (Phi) is 8.56.